The van der Waals surface area contributed by atoms with E-state index < -0.39 is 0 Å². The Balaban J connectivity index is 2.51. The van der Waals surface area contributed by atoms with Gasteiger partial charge in [0.2, 0.25) is 11.8 Å². The third-order valence-electron chi connectivity index (χ3n) is 2.28. The first-order chi connectivity index (χ1) is 9.02. The van der Waals surface area contributed by atoms with Crippen LogP contribution in [0.1, 0.15) is 17.4 Å². The van der Waals surface area contributed by atoms with Gasteiger partial charge in [-0.25, -0.2) is 0 Å². The first-order valence-electron chi connectivity index (χ1n) is 5.68. The minimum atomic E-state index is -0.223. The molecule has 19 heavy (non-hydrogen) atoms. The Labute approximate surface area is 116 Å². The van der Waals surface area contributed by atoms with Crippen LogP contribution in [0.3, 0.4) is 0 Å². The molecule has 2 N–H and O–H groups in total. The van der Waals surface area contributed by atoms with Crippen LogP contribution in [0.25, 0.3) is 0 Å². The Hall–Kier alpha value is -1.84. The summed E-state index contributed by atoms with van der Waals surface area (Å²) in [5.74, 6) is 5.02. The van der Waals surface area contributed by atoms with Crippen molar-refractivity contribution in [3.8, 4) is 11.8 Å². The lowest BCUT2D eigenvalue weighted by Crippen LogP contribution is -2.36. The lowest BCUT2D eigenvalue weighted by atomic mass is 10.3. The second kappa shape index (κ2) is 7.56. The summed E-state index contributed by atoms with van der Waals surface area (Å²) < 4.78 is 0. The van der Waals surface area contributed by atoms with Crippen molar-refractivity contribution in [3.63, 3.8) is 0 Å². The van der Waals surface area contributed by atoms with Crippen LogP contribution in [-0.2, 0) is 16.1 Å². The highest BCUT2D eigenvalue weighted by Gasteiger charge is 2.10. The number of thiophene rings is 1. The molecule has 0 fully saturated rings. The fourth-order valence-corrected chi connectivity index (χ4v) is 2.12. The number of nitrogens with zero attached hydrogens (tertiary/aromatic N) is 1. The van der Waals surface area contributed by atoms with Crippen molar-refractivity contribution in [2.45, 2.75) is 13.5 Å². The van der Waals surface area contributed by atoms with Crippen molar-refractivity contribution in [3.05, 3.63) is 21.9 Å². The average molecular weight is 280 g/mol. The van der Waals surface area contributed by atoms with Crippen LogP contribution in [0.2, 0.25) is 0 Å². The summed E-state index contributed by atoms with van der Waals surface area (Å²) in [6.07, 6.45) is 0. The summed E-state index contributed by atoms with van der Waals surface area (Å²) >= 11 is 1.47. The van der Waals surface area contributed by atoms with Gasteiger partial charge in [0.1, 0.15) is 6.61 Å². The van der Waals surface area contributed by atoms with Gasteiger partial charge in [0.15, 0.2) is 0 Å². The lowest BCUT2D eigenvalue weighted by molar-refractivity contribution is -0.131. The zero-order valence-electron chi connectivity index (χ0n) is 10.9. The number of rotatable bonds is 4. The van der Waals surface area contributed by atoms with E-state index in [1.165, 1.54) is 18.3 Å². The molecule has 0 radical (unpaired) electrons. The molecule has 0 aliphatic carbocycles. The molecule has 102 valence electrons. The van der Waals surface area contributed by atoms with Gasteiger partial charge in [-0.15, -0.1) is 11.3 Å². The molecule has 0 aliphatic rings. The van der Waals surface area contributed by atoms with Gasteiger partial charge in [-0.2, -0.15) is 0 Å². The summed E-state index contributed by atoms with van der Waals surface area (Å²) in [6, 6.07) is 1.88. The number of carbonyl (C=O) groups excluding carboxylic acids is 2. The van der Waals surface area contributed by atoms with Crippen LogP contribution >= 0.6 is 11.3 Å². The molecule has 0 saturated carbocycles. The maximum Gasteiger partial charge on any atom is 0.242 e. The molecular formula is C13H16N2O3S. The molecule has 1 aromatic heterocycles. The monoisotopic (exact) mass is 280 g/mol. The third-order valence-corrected chi connectivity index (χ3v) is 3.17. The minimum Gasteiger partial charge on any atom is -0.384 e. The van der Waals surface area contributed by atoms with E-state index in [-0.39, 0.29) is 25.0 Å². The second-order valence-electron chi connectivity index (χ2n) is 3.94. The molecular weight excluding hydrogens is 264 g/mol. The van der Waals surface area contributed by atoms with Crippen LogP contribution in [0.4, 0.5) is 0 Å². The number of carbonyl (C=O) groups is 2. The van der Waals surface area contributed by atoms with E-state index in [1.54, 1.807) is 11.9 Å². The van der Waals surface area contributed by atoms with E-state index in [0.717, 1.165) is 10.4 Å². The lowest BCUT2D eigenvalue weighted by Gasteiger charge is -2.16. The van der Waals surface area contributed by atoms with Crippen molar-refractivity contribution in [2.75, 3.05) is 20.2 Å². The molecule has 0 aromatic carbocycles. The zero-order valence-corrected chi connectivity index (χ0v) is 11.7. The first-order valence-corrected chi connectivity index (χ1v) is 6.56. The predicted octanol–water partition coefficient (Wildman–Crippen LogP) is 0.186. The van der Waals surface area contributed by atoms with Gasteiger partial charge in [-0.05, 0) is 17.0 Å². The smallest absolute Gasteiger partial charge is 0.242 e. The summed E-state index contributed by atoms with van der Waals surface area (Å²) in [7, 11) is 1.68. The van der Waals surface area contributed by atoms with E-state index in [1.807, 2.05) is 11.4 Å². The van der Waals surface area contributed by atoms with Crippen molar-refractivity contribution in [2.24, 2.45) is 0 Å². The molecule has 0 atom stereocenters. The number of aliphatic hydroxyl groups is 1. The van der Waals surface area contributed by atoms with Crippen LogP contribution < -0.4 is 5.32 Å². The highest BCUT2D eigenvalue weighted by molar-refractivity contribution is 7.10. The minimum absolute atomic E-state index is 0.00709. The quantitative estimate of drug-likeness (QED) is 0.773. The third kappa shape index (κ3) is 5.55. The molecule has 0 aliphatic heterocycles. The van der Waals surface area contributed by atoms with Gasteiger partial charge < -0.3 is 15.3 Å². The van der Waals surface area contributed by atoms with Gasteiger partial charge in [-0.3, -0.25) is 9.59 Å². The molecule has 1 aromatic rings. The Morgan fingerprint density at radius 3 is 2.89 bits per heavy atom. The topological polar surface area (TPSA) is 69.6 Å². The number of amides is 2. The van der Waals surface area contributed by atoms with E-state index in [0.29, 0.717) is 6.54 Å². The van der Waals surface area contributed by atoms with Gasteiger partial charge >= 0.3 is 0 Å². The maximum absolute atomic E-state index is 11.7. The van der Waals surface area contributed by atoms with Crippen LogP contribution in [0, 0.1) is 11.8 Å². The van der Waals surface area contributed by atoms with Crippen LogP contribution in [0.15, 0.2) is 11.4 Å². The Morgan fingerprint density at radius 1 is 1.53 bits per heavy atom. The molecule has 0 bridgehead atoms. The second-order valence-corrected chi connectivity index (χ2v) is 4.85. The molecule has 6 heteroatoms. The van der Waals surface area contributed by atoms with Gasteiger partial charge in [-0.1, -0.05) is 11.8 Å². The summed E-state index contributed by atoms with van der Waals surface area (Å²) in [6.45, 7) is 1.68. The van der Waals surface area contributed by atoms with Crippen molar-refractivity contribution in [1.82, 2.24) is 10.2 Å². The highest BCUT2D eigenvalue weighted by Crippen LogP contribution is 2.14. The summed E-state index contributed by atoms with van der Waals surface area (Å²) in [5.41, 5.74) is 0.978. The normalized spacial score (nSPS) is 9.42. The maximum atomic E-state index is 11.7. The number of likely N-dealkylation sites (N-methyl/N-ethyl adjacent to an activating group) is 1. The fourth-order valence-electron chi connectivity index (χ4n) is 1.35. The fraction of sp³-hybridized carbons (Fsp3) is 0.385. The van der Waals surface area contributed by atoms with Crippen molar-refractivity contribution < 1.29 is 14.7 Å². The molecule has 0 unspecified atom stereocenters. The standard InChI is InChI=1S/C13H16N2O3S/c1-10(17)14-7-13(18)15(2)8-11-6-12(19-9-11)4-3-5-16/h6,9,16H,5,7-8H2,1-2H3,(H,14,17). The van der Waals surface area contributed by atoms with E-state index in [9.17, 15) is 9.59 Å². The molecule has 0 saturated heterocycles. The number of hydrogen-bond donors (Lipinski definition) is 2. The predicted molar refractivity (Wildman–Crippen MR) is 73.4 cm³/mol. The summed E-state index contributed by atoms with van der Waals surface area (Å²) in [5, 5.41) is 13.0. The molecule has 0 spiro atoms. The van der Waals surface area contributed by atoms with E-state index >= 15 is 0 Å². The van der Waals surface area contributed by atoms with Crippen molar-refractivity contribution >= 4 is 23.2 Å². The highest BCUT2D eigenvalue weighted by atomic mass is 32.1. The van der Waals surface area contributed by atoms with Crippen molar-refractivity contribution in [1.29, 1.82) is 0 Å². The number of nitrogens with one attached hydrogen (secondary N) is 1. The molecule has 5 nitrogen and oxygen atoms in total. The Kier molecular flexibility index (Phi) is 6.06. The van der Waals surface area contributed by atoms with Crippen LogP contribution in [0.5, 0.6) is 0 Å². The largest absolute Gasteiger partial charge is 0.384 e. The molecule has 2 amide bonds. The van der Waals surface area contributed by atoms with Gasteiger partial charge in [0, 0.05) is 20.5 Å². The Bertz CT molecular complexity index is 513. The van der Waals surface area contributed by atoms with E-state index in [2.05, 4.69) is 17.2 Å². The number of hydrogen-bond acceptors (Lipinski definition) is 4. The molecule has 1 heterocycles. The van der Waals surface area contributed by atoms with Gasteiger partial charge in [0.05, 0.1) is 11.4 Å². The average Bonchev–Trinajstić information content (AvgIpc) is 2.80. The zero-order chi connectivity index (χ0) is 14.3. The molecule has 1 rings (SSSR count). The number of aliphatic hydroxyl groups excluding tert-OH is 1. The Morgan fingerprint density at radius 2 is 2.26 bits per heavy atom. The van der Waals surface area contributed by atoms with E-state index in [4.69, 9.17) is 5.11 Å². The first kappa shape index (κ1) is 15.2. The van der Waals surface area contributed by atoms with Crippen LogP contribution in [-0.4, -0.2) is 42.0 Å². The SMILES string of the molecule is CC(=O)NCC(=O)N(C)Cc1csc(C#CCO)c1. The van der Waals surface area contributed by atoms with Gasteiger partial charge in [0.25, 0.3) is 0 Å². The summed E-state index contributed by atoms with van der Waals surface area (Å²) in [4.78, 5) is 24.8.